The highest BCUT2D eigenvalue weighted by molar-refractivity contribution is 7.14. The summed E-state index contributed by atoms with van der Waals surface area (Å²) in [6, 6.07) is 12.6. The molecule has 0 bridgehead atoms. The summed E-state index contributed by atoms with van der Waals surface area (Å²) in [5, 5.41) is 4.05. The fraction of sp³-hybridized carbons (Fsp3) is 0.222. The van der Waals surface area contributed by atoms with Gasteiger partial charge in [-0.3, -0.25) is 4.79 Å². The Labute approximate surface area is 138 Å². The number of aromatic nitrogens is 2. The van der Waals surface area contributed by atoms with Crippen LogP contribution < -0.4 is 5.32 Å². The maximum Gasteiger partial charge on any atom is 0.225 e. The Morgan fingerprint density at radius 1 is 1.17 bits per heavy atom. The molecule has 4 nitrogen and oxygen atoms in total. The number of fused-ring (bicyclic) bond motifs is 1. The molecule has 2 heterocycles. The lowest BCUT2D eigenvalue weighted by Gasteiger charge is -2.11. The Balaban J connectivity index is 1.36. The first kappa shape index (κ1) is 14.2. The minimum Gasteiger partial charge on any atom is -0.352 e. The lowest BCUT2D eigenvalue weighted by atomic mass is 10.1. The summed E-state index contributed by atoms with van der Waals surface area (Å²) in [6.07, 6.45) is 7.96. The largest absolute Gasteiger partial charge is 0.352 e. The Morgan fingerprint density at radius 3 is 2.57 bits per heavy atom. The van der Waals surface area contributed by atoms with Crippen molar-refractivity contribution in [3.63, 3.8) is 0 Å². The van der Waals surface area contributed by atoms with Crippen LogP contribution in [-0.4, -0.2) is 21.5 Å². The Hall–Kier alpha value is -2.40. The van der Waals surface area contributed by atoms with Crippen molar-refractivity contribution in [3.8, 4) is 5.13 Å². The summed E-state index contributed by atoms with van der Waals surface area (Å²) in [7, 11) is 0. The Bertz CT molecular complexity index is 797. The summed E-state index contributed by atoms with van der Waals surface area (Å²) in [6.45, 7) is 0. The number of thiazole rings is 1. The third-order valence-electron chi connectivity index (χ3n) is 4.12. The topological polar surface area (TPSA) is 46.9 Å². The molecule has 4 rings (SSSR count). The van der Waals surface area contributed by atoms with Crippen LogP contribution in [-0.2, 0) is 24.1 Å². The van der Waals surface area contributed by atoms with Crippen LogP contribution in [0.4, 0.5) is 0 Å². The van der Waals surface area contributed by atoms with Crippen molar-refractivity contribution in [2.75, 3.05) is 0 Å². The molecule has 0 spiro atoms. The molecule has 1 aliphatic carbocycles. The highest BCUT2D eigenvalue weighted by atomic mass is 32.1. The number of carbonyl (C=O) groups excluding carboxylic acids is 1. The number of nitrogens with zero attached hydrogens (tertiary/aromatic N) is 2. The smallest absolute Gasteiger partial charge is 0.225 e. The molecule has 0 unspecified atom stereocenters. The van der Waals surface area contributed by atoms with Crippen LogP contribution in [0.1, 0.15) is 16.0 Å². The average molecular weight is 323 g/mol. The van der Waals surface area contributed by atoms with Crippen molar-refractivity contribution in [3.05, 3.63) is 71.0 Å². The van der Waals surface area contributed by atoms with Crippen molar-refractivity contribution < 1.29 is 4.79 Å². The molecule has 1 aromatic carbocycles. The van der Waals surface area contributed by atoms with Gasteiger partial charge < -0.3 is 9.88 Å². The first-order chi connectivity index (χ1) is 11.3. The summed E-state index contributed by atoms with van der Waals surface area (Å²) in [5.74, 6) is 0.0745. The highest BCUT2D eigenvalue weighted by Crippen LogP contribution is 2.22. The van der Waals surface area contributed by atoms with E-state index in [1.807, 2.05) is 29.1 Å². The number of amides is 1. The Morgan fingerprint density at radius 2 is 1.87 bits per heavy atom. The normalized spacial score (nSPS) is 13.9. The van der Waals surface area contributed by atoms with E-state index in [2.05, 4.69) is 34.6 Å². The molecule has 5 heteroatoms. The van der Waals surface area contributed by atoms with Gasteiger partial charge in [-0.05, 0) is 36.1 Å². The molecule has 0 saturated carbocycles. The van der Waals surface area contributed by atoms with Crippen molar-refractivity contribution in [2.24, 2.45) is 0 Å². The van der Waals surface area contributed by atoms with E-state index in [9.17, 15) is 4.79 Å². The minimum absolute atomic E-state index is 0.0745. The van der Waals surface area contributed by atoms with Gasteiger partial charge in [0.05, 0.1) is 6.42 Å². The molecule has 2 aromatic heterocycles. The van der Waals surface area contributed by atoms with Crippen LogP contribution in [0.25, 0.3) is 5.13 Å². The maximum absolute atomic E-state index is 12.3. The summed E-state index contributed by atoms with van der Waals surface area (Å²) in [4.78, 5) is 17.6. The van der Waals surface area contributed by atoms with Gasteiger partial charge in [-0.25, -0.2) is 4.98 Å². The second-order valence-electron chi connectivity index (χ2n) is 5.82. The van der Waals surface area contributed by atoms with Gasteiger partial charge in [0, 0.05) is 29.5 Å². The van der Waals surface area contributed by atoms with Gasteiger partial charge in [0.25, 0.3) is 0 Å². The van der Waals surface area contributed by atoms with Crippen molar-refractivity contribution in [1.82, 2.24) is 14.9 Å². The molecule has 0 radical (unpaired) electrons. The highest BCUT2D eigenvalue weighted by Gasteiger charge is 2.22. The van der Waals surface area contributed by atoms with E-state index >= 15 is 0 Å². The monoisotopic (exact) mass is 323 g/mol. The molecular formula is C18H17N3OS. The summed E-state index contributed by atoms with van der Waals surface area (Å²) >= 11 is 1.56. The molecule has 0 atom stereocenters. The molecule has 0 fully saturated rings. The van der Waals surface area contributed by atoms with E-state index in [-0.39, 0.29) is 11.9 Å². The number of hydrogen-bond acceptors (Lipinski definition) is 3. The number of hydrogen-bond donors (Lipinski definition) is 1. The Kier molecular flexibility index (Phi) is 3.71. The van der Waals surface area contributed by atoms with E-state index in [4.69, 9.17) is 0 Å². The standard InChI is InChI=1S/C18H17N3OS/c22-17(20-15-9-13-5-1-2-6-14(13)10-15)11-16-12-19-18(23-16)21-7-3-4-8-21/h1-8,12,15H,9-11H2,(H,20,22). The molecule has 3 aromatic rings. The molecule has 0 aliphatic heterocycles. The predicted molar refractivity (Wildman–Crippen MR) is 90.9 cm³/mol. The van der Waals surface area contributed by atoms with Crippen LogP contribution in [0.5, 0.6) is 0 Å². The first-order valence-electron chi connectivity index (χ1n) is 7.72. The van der Waals surface area contributed by atoms with E-state index in [1.54, 1.807) is 17.5 Å². The second kappa shape index (κ2) is 6.01. The lowest BCUT2D eigenvalue weighted by molar-refractivity contribution is -0.121. The molecule has 0 saturated heterocycles. The summed E-state index contributed by atoms with van der Waals surface area (Å²) < 4.78 is 1.96. The fourth-order valence-electron chi connectivity index (χ4n) is 3.06. The molecular weight excluding hydrogens is 306 g/mol. The third-order valence-corrected chi connectivity index (χ3v) is 5.13. The maximum atomic E-state index is 12.3. The van der Waals surface area contributed by atoms with Gasteiger partial charge in [0.1, 0.15) is 0 Å². The number of rotatable bonds is 4. The number of benzene rings is 1. The number of nitrogens with one attached hydrogen (secondary N) is 1. The SMILES string of the molecule is O=C(Cc1cnc(-n2cccc2)s1)NC1Cc2ccccc2C1. The lowest BCUT2D eigenvalue weighted by Crippen LogP contribution is -2.36. The van der Waals surface area contributed by atoms with E-state index in [1.165, 1.54) is 11.1 Å². The van der Waals surface area contributed by atoms with Crippen LogP contribution in [0, 0.1) is 0 Å². The van der Waals surface area contributed by atoms with Crippen molar-refractivity contribution in [1.29, 1.82) is 0 Å². The number of carbonyl (C=O) groups is 1. The predicted octanol–water partition coefficient (Wildman–Crippen LogP) is 2.76. The van der Waals surface area contributed by atoms with Gasteiger partial charge >= 0.3 is 0 Å². The van der Waals surface area contributed by atoms with Crippen LogP contribution >= 0.6 is 11.3 Å². The van der Waals surface area contributed by atoms with Gasteiger partial charge in [0.15, 0.2) is 5.13 Å². The van der Waals surface area contributed by atoms with Gasteiger partial charge in [-0.2, -0.15) is 0 Å². The van der Waals surface area contributed by atoms with Crippen LogP contribution in [0.2, 0.25) is 0 Å². The summed E-state index contributed by atoms with van der Waals surface area (Å²) in [5.41, 5.74) is 2.70. The minimum atomic E-state index is 0.0745. The average Bonchev–Trinajstić information content (AvgIpc) is 3.26. The van der Waals surface area contributed by atoms with E-state index in [0.717, 1.165) is 22.9 Å². The van der Waals surface area contributed by atoms with Crippen LogP contribution in [0.15, 0.2) is 55.0 Å². The second-order valence-corrected chi connectivity index (χ2v) is 6.91. The molecule has 23 heavy (non-hydrogen) atoms. The van der Waals surface area contributed by atoms with Gasteiger partial charge in [-0.1, -0.05) is 24.3 Å². The van der Waals surface area contributed by atoms with Crippen LogP contribution in [0.3, 0.4) is 0 Å². The zero-order valence-electron chi connectivity index (χ0n) is 12.6. The third kappa shape index (κ3) is 3.05. The first-order valence-corrected chi connectivity index (χ1v) is 8.54. The zero-order chi connectivity index (χ0) is 15.6. The van der Waals surface area contributed by atoms with E-state index < -0.39 is 0 Å². The molecule has 1 amide bonds. The van der Waals surface area contributed by atoms with Crippen molar-refractivity contribution in [2.45, 2.75) is 25.3 Å². The molecule has 1 aliphatic rings. The fourth-order valence-corrected chi connectivity index (χ4v) is 3.93. The quantitative estimate of drug-likeness (QED) is 0.802. The molecule has 116 valence electrons. The van der Waals surface area contributed by atoms with E-state index in [0.29, 0.717) is 6.42 Å². The zero-order valence-corrected chi connectivity index (χ0v) is 13.4. The van der Waals surface area contributed by atoms with Crippen molar-refractivity contribution >= 4 is 17.2 Å². The van der Waals surface area contributed by atoms with Gasteiger partial charge in [0.2, 0.25) is 5.91 Å². The molecule has 1 N–H and O–H groups in total. The van der Waals surface area contributed by atoms with Gasteiger partial charge in [-0.15, -0.1) is 11.3 Å².